The van der Waals surface area contributed by atoms with Crippen LogP contribution in [0, 0.1) is 0 Å². The summed E-state index contributed by atoms with van der Waals surface area (Å²) in [6.45, 7) is 0.406. The van der Waals surface area contributed by atoms with Crippen LogP contribution in [0.4, 0.5) is 0 Å². The van der Waals surface area contributed by atoms with E-state index >= 15 is 0 Å². The van der Waals surface area contributed by atoms with Gasteiger partial charge in [-0.2, -0.15) is 0 Å². The van der Waals surface area contributed by atoms with Crippen molar-refractivity contribution in [1.29, 1.82) is 0 Å². The third-order valence-corrected chi connectivity index (χ3v) is 6.19. The van der Waals surface area contributed by atoms with Crippen molar-refractivity contribution in [2.75, 3.05) is 20.8 Å². The topological polar surface area (TPSA) is 77.1 Å². The van der Waals surface area contributed by atoms with Crippen molar-refractivity contribution in [3.63, 3.8) is 0 Å². The fourth-order valence-electron chi connectivity index (χ4n) is 4.37. The molecule has 1 saturated heterocycles. The lowest BCUT2D eigenvalue weighted by Gasteiger charge is -2.44. The number of ether oxygens (including phenoxy) is 3. The lowest BCUT2D eigenvalue weighted by molar-refractivity contribution is -0.151. The van der Waals surface area contributed by atoms with Crippen molar-refractivity contribution >= 4 is 17.9 Å². The highest BCUT2D eigenvalue weighted by Crippen LogP contribution is 2.33. The third kappa shape index (κ3) is 5.48. The molecule has 2 aromatic rings. The summed E-state index contributed by atoms with van der Waals surface area (Å²) in [4.78, 5) is 27.7. The molecule has 1 aliphatic carbocycles. The van der Waals surface area contributed by atoms with Crippen LogP contribution in [0.3, 0.4) is 0 Å². The number of rotatable bonds is 7. The molecule has 2 unspecified atom stereocenters. The van der Waals surface area contributed by atoms with Crippen LogP contribution in [0.25, 0.3) is 6.08 Å². The molecule has 1 heterocycles. The van der Waals surface area contributed by atoms with Crippen LogP contribution < -0.4 is 14.8 Å². The minimum absolute atomic E-state index is 0.0134. The molecule has 2 atom stereocenters. The highest BCUT2D eigenvalue weighted by molar-refractivity contribution is 5.98. The van der Waals surface area contributed by atoms with E-state index in [9.17, 15) is 9.59 Å². The van der Waals surface area contributed by atoms with Gasteiger partial charge >= 0.3 is 0 Å². The molecule has 4 rings (SSSR count). The molecule has 7 heteroatoms. The van der Waals surface area contributed by atoms with Crippen LogP contribution in [-0.2, 0) is 20.9 Å². The Kier molecular flexibility index (Phi) is 7.17. The maximum absolute atomic E-state index is 13.3. The Morgan fingerprint density at radius 1 is 1.03 bits per heavy atom. The first-order valence-corrected chi connectivity index (χ1v) is 11.3. The van der Waals surface area contributed by atoms with Gasteiger partial charge < -0.3 is 24.4 Å². The fourth-order valence-corrected chi connectivity index (χ4v) is 4.37. The summed E-state index contributed by atoms with van der Waals surface area (Å²) >= 11 is 0. The second-order valence-corrected chi connectivity index (χ2v) is 8.35. The van der Waals surface area contributed by atoms with Gasteiger partial charge in [-0.3, -0.25) is 9.59 Å². The SMILES string of the molecule is COc1ccc(/C=C2\OC3CCCCC3N(CC(=O)NCc3ccc(OC)cc3)C2=O)cc1. The number of methoxy groups -OCH3 is 2. The Labute approximate surface area is 194 Å². The predicted octanol–water partition coefficient (Wildman–Crippen LogP) is 3.53. The Hall–Kier alpha value is -3.48. The van der Waals surface area contributed by atoms with Crippen molar-refractivity contribution in [1.82, 2.24) is 10.2 Å². The normalized spacial score (nSPS) is 21.2. The number of carbonyl (C=O) groups excluding carboxylic acids is 2. The van der Waals surface area contributed by atoms with Gasteiger partial charge in [-0.25, -0.2) is 0 Å². The first-order valence-electron chi connectivity index (χ1n) is 11.3. The number of hydrogen-bond donors (Lipinski definition) is 1. The van der Waals surface area contributed by atoms with E-state index < -0.39 is 0 Å². The Balaban J connectivity index is 1.46. The number of carbonyl (C=O) groups is 2. The van der Waals surface area contributed by atoms with Crippen LogP contribution in [0.15, 0.2) is 54.3 Å². The monoisotopic (exact) mass is 450 g/mol. The smallest absolute Gasteiger partial charge is 0.289 e. The van der Waals surface area contributed by atoms with Crippen molar-refractivity contribution in [2.24, 2.45) is 0 Å². The van der Waals surface area contributed by atoms with Gasteiger partial charge in [-0.15, -0.1) is 0 Å². The minimum Gasteiger partial charge on any atom is -0.497 e. The number of amides is 2. The van der Waals surface area contributed by atoms with E-state index in [1.165, 1.54) is 0 Å². The minimum atomic E-state index is -0.242. The summed E-state index contributed by atoms with van der Waals surface area (Å²) in [5.74, 6) is 1.37. The molecule has 0 aromatic heterocycles. The Bertz CT molecular complexity index is 1000. The number of morpholine rings is 1. The summed E-state index contributed by atoms with van der Waals surface area (Å²) in [6, 6.07) is 14.9. The molecule has 33 heavy (non-hydrogen) atoms. The summed E-state index contributed by atoms with van der Waals surface area (Å²) in [6.07, 6.45) is 5.46. The number of fused-ring (bicyclic) bond motifs is 1. The molecular formula is C26H30N2O5. The molecule has 7 nitrogen and oxygen atoms in total. The second-order valence-electron chi connectivity index (χ2n) is 8.35. The van der Waals surface area contributed by atoms with Crippen LogP contribution in [0.2, 0.25) is 0 Å². The number of hydrogen-bond acceptors (Lipinski definition) is 5. The lowest BCUT2D eigenvalue weighted by Crippen LogP contribution is -2.57. The van der Waals surface area contributed by atoms with Crippen molar-refractivity contribution in [3.05, 3.63) is 65.4 Å². The molecule has 0 bridgehead atoms. The zero-order valence-electron chi connectivity index (χ0n) is 19.1. The summed E-state index contributed by atoms with van der Waals surface area (Å²) in [5.41, 5.74) is 1.81. The van der Waals surface area contributed by atoms with E-state index in [1.54, 1.807) is 25.2 Å². The van der Waals surface area contributed by atoms with Crippen LogP contribution in [0.5, 0.6) is 11.5 Å². The molecule has 2 aromatic carbocycles. The van der Waals surface area contributed by atoms with E-state index in [-0.39, 0.29) is 36.3 Å². The first kappa shape index (κ1) is 22.7. The van der Waals surface area contributed by atoms with Crippen LogP contribution >= 0.6 is 0 Å². The Morgan fingerprint density at radius 3 is 2.33 bits per heavy atom. The highest BCUT2D eigenvalue weighted by Gasteiger charge is 2.42. The average molecular weight is 451 g/mol. The first-order chi connectivity index (χ1) is 16.1. The molecule has 1 N–H and O–H groups in total. The number of nitrogens with zero attached hydrogens (tertiary/aromatic N) is 1. The van der Waals surface area contributed by atoms with Gasteiger partial charge in [0.15, 0.2) is 5.76 Å². The molecular weight excluding hydrogens is 420 g/mol. The van der Waals surface area contributed by atoms with E-state index in [2.05, 4.69) is 5.32 Å². The zero-order chi connectivity index (χ0) is 23.2. The van der Waals surface area contributed by atoms with Gasteiger partial charge in [0.1, 0.15) is 24.1 Å². The summed E-state index contributed by atoms with van der Waals surface area (Å²) in [7, 11) is 3.23. The highest BCUT2D eigenvalue weighted by atomic mass is 16.5. The summed E-state index contributed by atoms with van der Waals surface area (Å²) < 4.78 is 16.5. The van der Waals surface area contributed by atoms with Gasteiger partial charge in [0.2, 0.25) is 5.91 Å². The van der Waals surface area contributed by atoms with Gasteiger partial charge in [0, 0.05) is 6.54 Å². The molecule has 2 amide bonds. The molecule has 2 aliphatic rings. The van der Waals surface area contributed by atoms with Crippen molar-refractivity contribution in [2.45, 2.75) is 44.4 Å². The summed E-state index contributed by atoms with van der Waals surface area (Å²) in [5, 5.41) is 2.93. The van der Waals surface area contributed by atoms with E-state index in [1.807, 2.05) is 48.5 Å². The maximum Gasteiger partial charge on any atom is 0.289 e. The quantitative estimate of drug-likeness (QED) is 0.653. The second kappa shape index (κ2) is 10.4. The predicted molar refractivity (Wildman–Crippen MR) is 125 cm³/mol. The molecule has 1 aliphatic heterocycles. The fraction of sp³-hybridized carbons (Fsp3) is 0.385. The largest absolute Gasteiger partial charge is 0.497 e. The molecule has 0 spiro atoms. The van der Waals surface area contributed by atoms with E-state index in [4.69, 9.17) is 14.2 Å². The lowest BCUT2D eigenvalue weighted by atomic mass is 9.89. The standard InChI is InChI=1S/C26H30N2O5/c1-31-20-11-7-18(8-12-20)15-24-26(30)28(22-5-3-4-6-23(22)33-24)17-25(29)27-16-19-9-13-21(32-2)14-10-19/h7-15,22-23H,3-6,16-17H2,1-2H3,(H,27,29)/b24-15-. The Morgan fingerprint density at radius 2 is 1.67 bits per heavy atom. The number of nitrogens with one attached hydrogen (secondary N) is 1. The maximum atomic E-state index is 13.3. The average Bonchev–Trinajstić information content (AvgIpc) is 2.86. The van der Waals surface area contributed by atoms with Gasteiger partial charge in [-0.1, -0.05) is 30.7 Å². The van der Waals surface area contributed by atoms with Crippen molar-refractivity contribution in [3.8, 4) is 11.5 Å². The van der Waals surface area contributed by atoms with E-state index in [0.29, 0.717) is 6.54 Å². The molecule has 174 valence electrons. The van der Waals surface area contributed by atoms with Crippen molar-refractivity contribution < 1.29 is 23.8 Å². The van der Waals surface area contributed by atoms with E-state index in [0.717, 1.165) is 48.3 Å². The molecule has 0 radical (unpaired) electrons. The van der Waals surface area contributed by atoms with Crippen LogP contribution in [-0.4, -0.2) is 49.6 Å². The number of benzene rings is 2. The molecule has 1 saturated carbocycles. The van der Waals surface area contributed by atoms with Crippen LogP contribution in [0.1, 0.15) is 36.8 Å². The third-order valence-electron chi connectivity index (χ3n) is 6.19. The van der Waals surface area contributed by atoms with Gasteiger partial charge in [-0.05, 0) is 60.7 Å². The van der Waals surface area contributed by atoms with Gasteiger partial charge in [0.25, 0.3) is 5.91 Å². The van der Waals surface area contributed by atoms with Gasteiger partial charge in [0.05, 0.1) is 20.3 Å². The zero-order valence-corrected chi connectivity index (χ0v) is 19.1. The molecule has 2 fully saturated rings.